The minimum atomic E-state index is -0.594. The van der Waals surface area contributed by atoms with Crippen LogP contribution in [0, 0.1) is 5.92 Å². The van der Waals surface area contributed by atoms with E-state index in [9.17, 15) is 4.79 Å². The Hall–Kier alpha value is -3.19. The average Bonchev–Trinajstić information content (AvgIpc) is 2.82. The Morgan fingerprint density at radius 1 is 1.20 bits per heavy atom. The molecule has 35 heavy (non-hydrogen) atoms. The van der Waals surface area contributed by atoms with Gasteiger partial charge in [0.05, 0.1) is 18.5 Å². The highest BCUT2D eigenvalue weighted by Gasteiger charge is 2.21. The van der Waals surface area contributed by atoms with Gasteiger partial charge in [-0.2, -0.15) is 0 Å². The van der Waals surface area contributed by atoms with Gasteiger partial charge in [0.25, 0.3) is 0 Å². The number of nitrogens with one attached hydrogen (secondary N) is 1. The number of benzene rings is 2. The molecule has 0 aliphatic carbocycles. The van der Waals surface area contributed by atoms with Crippen molar-refractivity contribution < 1.29 is 14.3 Å². The number of methoxy groups -OCH3 is 1. The number of fused-ring (bicyclic) bond motifs is 1. The standard InChI is InChI=1S/C28H36N4O3/c1-6-32-13-7-8-19(18-32)14-26-29-12-11-24(30-26)21-15-20-9-10-22(34-5)17-23(20)25(16-21)31-27(33)35-28(2,3)4/h9-12,15-17,19H,6-8,13-14,18H2,1-5H3,(H,31,33). The zero-order valence-electron chi connectivity index (χ0n) is 21.4. The summed E-state index contributed by atoms with van der Waals surface area (Å²) in [5, 5.41) is 4.77. The molecule has 1 aliphatic heterocycles. The molecule has 1 atom stereocenters. The van der Waals surface area contributed by atoms with Crippen LogP contribution < -0.4 is 10.1 Å². The fourth-order valence-electron chi connectivity index (χ4n) is 4.65. The van der Waals surface area contributed by atoms with E-state index in [0.717, 1.165) is 53.1 Å². The van der Waals surface area contributed by atoms with E-state index in [1.54, 1.807) is 7.11 Å². The maximum absolute atomic E-state index is 12.6. The number of nitrogens with zero attached hydrogens (tertiary/aromatic N) is 3. The van der Waals surface area contributed by atoms with Crippen molar-refractivity contribution in [1.29, 1.82) is 0 Å². The predicted octanol–water partition coefficient (Wildman–Crippen LogP) is 5.93. The molecule has 1 aliphatic rings. The van der Waals surface area contributed by atoms with Gasteiger partial charge in [-0.1, -0.05) is 13.0 Å². The van der Waals surface area contributed by atoms with Crippen molar-refractivity contribution in [3.05, 3.63) is 48.4 Å². The Labute approximate surface area is 207 Å². The first-order valence-corrected chi connectivity index (χ1v) is 12.4. The lowest BCUT2D eigenvalue weighted by Crippen LogP contribution is -2.36. The lowest BCUT2D eigenvalue weighted by atomic mass is 9.94. The number of piperidine rings is 1. The predicted molar refractivity (Wildman–Crippen MR) is 140 cm³/mol. The molecule has 0 radical (unpaired) electrons. The van der Waals surface area contributed by atoms with E-state index in [-0.39, 0.29) is 0 Å². The summed E-state index contributed by atoms with van der Waals surface area (Å²) in [5.74, 6) is 2.16. The third-order valence-electron chi connectivity index (χ3n) is 6.32. The van der Waals surface area contributed by atoms with Gasteiger partial charge in [0.15, 0.2) is 0 Å². The van der Waals surface area contributed by atoms with Crippen LogP contribution in [0.4, 0.5) is 10.5 Å². The van der Waals surface area contributed by atoms with Crippen LogP contribution in [0.25, 0.3) is 22.0 Å². The van der Waals surface area contributed by atoms with Gasteiger partial charge >= 0.3 is 6.09 Å². The van der Waals surface area contributed by atoms with Crippen LogP contribution in [0.1, 0.15) is 46.4 Å². The van der Waals surface area contributed by atoms with Gasteiger partial charge in [0.2, 0.25) is 0 Å². The Morgan fingerprint density at radius 3 is 2.77 bits per heavy atom. The maximum atomic E-state index is 12.6. The summed E-state index contributed by atoms with van der Waals surface area (Å²) in [4.78, 5) is 24.6. The van der Waals surface area contributed by atoms with Crippen LogP contribution in [0.5, 0.6) is 5.75 Å². The first-order chi connectivity index (χ1) is 16.7. The minimum Gasteiger partial charge on any atom is -0.497 e. The van der Waals surface area contributed by atoms with E-state index in [2.05, 4.69) is 28.2 Å². The number of carbonyl (C=O) groups excluding carboxylic acids is 1. The van der Waals surface area contributed by atoms with Crippen molar-refractivity contribution in [3.8, 4) is 17.0 Å². The number of likely N-dealkylation sites (tertiary alicyclic amines) is 1. The summed E-state index contributed by atoms with van der Waals surface area (Å²) in [5.41, 5.74) is 1.81. The average molecular weight is 477 g/mol. The van der Waals surface area contributed by atoms with Crippen LogP contribution in [0.2, 0.25) is 0 Å². The van der Waals surface area contributed by atoms with E-state index < -0.39 is 11.7 Å². The molecule has 1 aromatic heterocycles. The first-order valence-electron chi connectivity index (χ1n) is 12.4. The summed E-state index contributed by atoms with van der Waals surface area (Å²) < 4.78 is 10.9. The second-order valence-electron chi connectivity index (χ2n) is 10.2. The minimum absolute atomic E-state index is 0.500. The van der Waals surface area contributed by atoms with Crippen molar-refractivity contribution in [2.24, 2.45) is 5.92 Å². The monoisotopic (exact) mass is 476 g/mol. The van der Waals surface area contributed by atoms with E-state index in [4.69, 9.17) is 14.5 Å². The second kappa shape index (κ2) is 10.6. The number of rotatable bonds is 6. The van der Waals surface area contributed by atoms with Gasteiger partial charge in [-0.15, -0.1) is 0 Å². The smallest absolute Gasteiger partial charge is 0.412 e. The summed E-state index contributed by atoms with van der Waals surface area (Å²) in [6.07, 6.45) is 4.65. The summed E-state index contributed by atoms with van der Waals surface area (Å²) in [6.45, 7) is 11.1. The highest BCUT2D eigenvalue weighted by atomic mass is 16.6. The molecule has 1 N–H and O–H groups in total. The number of anilines is 1. The maximum Gasteiger partial charge on any atom is 0.412 e. The molecule has 7 heteroatoms. The van der Waals surface area contributed by atoms with E-state index >= 15 is 0 Å². The van der Waals surface area contributed by atoms with Crippen molar-refractivity contribution in [2.45, 2.75) is 52.6 Å². The van der Waals surface area contributed by atoms with Crippen molar-refractivity contribution in [3.63, 3.8) is 0 Å². The molecule has 1 unspecified atom stereocenters. The molecule has 186 valence electrons. The fourth-order valence-corrected chi connectivity index (χ4v) is 4.65. The highest BCUT2D eigenvalue weighted by Crippen LogP contribution is 2.33. The van der Waals surface area contributed by atoms with Crippen LogP contribution in [-0.4, -0.2) is 53.3 Å². The van der Waals surface area contributed by atoms with Gasteiger partial charge in [0, 0.05) is 30.1 Å². The zero-order chi connectivity index (χ0) is 25.0. The summed E-state index contributed by atoms with van der Waals surface area (Å²) in [7, 11) is 1.63. The summed E-state index contributed by atoms with van der Waals surface area (Å²) in [6, 6.07) is 11.8. The lowest BCUT2D eigenvalue weighted by molar-refractivity contribution is 0.0636. The Balaban J connectivity index is 1.66. The van der Waals surface area contributed by atoms with Gasteiger partial charge in [-0.25, -0.2) is 14.8 Å². The number of carbonyl (C=O) groups is 1. The Morgan fingerprint density at radius 2 is 2.03 bits per heavy atom. The Bertz CT molecular complexity index is 1190. The van der Waals surface area contributed by atoms with Crippen LogP contribution in [0.3, 0.4) is 0 Å². The number of amides is 1. The molecule has 7 nitrogen and oxygen atoms in total. The van der Waals surface area contributed by atoms with Crippen molar-refractivity contribution in [1.82, 2.24) is 14.9 Å². The van der Waals surface area contributed by atoms with Gasteiger partial charge in [0.1, 0.15) is 17.2 Å². The highest BCUT2D eigenvalue weighted by molar-refractivity contribution is 6.03. The molecule has 0 saturated carbocycles. The SMILES string of the molecule is CCN1CCCC(Cc2nccc(-c3cc(NC(=O)OC(C)(C)C)c4cc(OC)ccc4c3)n2)C1. The Kier molecular flexibility index (Phi) is 7.55. The quantitative estimate of drug-likeness (QED) is 0.475. The van der Waals surface area contributed by atoms with Gasteiger partial charge in [-0.3, -0.25) is 5.32 Å². The van der Waals surface area contributed by atoms with Crippen LogP contribution >= 0.6 is 0 Å². The molecule has 4 rings (SSSR count). The van der Waals surface area contributed by atoms with E-state index in [1.807, 2.05) is 57.3 Å². The lowest BCUT2D eigenvalue weighted by Gasteiger charge is -2.31. The normalized spacial score (nSPS) is 16.8. The fraction of sp³-hybridized carbons (Fsp3) is 0.464. The second-order valence-corrected chi connectivity index (χ2v) is 10.2. The molecular formula is C28H36N4O3. The topological polar surface area (TPSA) is 76.6 Å². The largest absolute Gasteiger partial charge is 0.497 e. The molecule has 1 fully saturated rings. The number of hydrogen-bond acceptors (Lipinski definition) is 6. The molecule has 0 spiro atoms. The number of aromatic nitrogens is 2. The van der Waals surface area contributed by atoms with Crippen LogP contribution in [0.15, 0.2) is 42.6 Å². The molecular weight excluding hydrogens is 440 g/mol. The van der Waals surface area contributed by atoms with E-state index in [1.165, 1.54) is 19.4 Å². The molecule has 0 bridgehead atoms. The first kappa shape index (κ1) is 24.9. The number of hydrogen-bond donors (Lipinski definition) is 1. The summed E-state index contributed by atoms with van der Waals surface area (Å²) >= 11 is 0. The third-order valence-corrected chi connectivity index (χ3v) is 6.32. The number of ether oxygens (including phenoxy) is 2. The van der Waals surface area contributed by atoms with E-state index in [0.29, 0.717) is 11.6 Å². The van der Waals surface area contributed by atoms with Crippen LogP contribution in [-0.2, 0) is 11.2 Å². The van der Waals surface area contributed by atoms with Crippen molar-refractivity contribution in [2.75, 3.05) is 32.1 Å². The van der Waals surface area contributed by atoms with Crippen molar-refractivity contribution >= 4 is 22.6 Å². The molecule has 2 aromatic carbocycles. The van der Waals surface area contributed by atoms with Gasteiger partial charge < -0.3 is 14.4 Å². The molecule has 1 amide bonds. The molecule has 1 saturated heterocycles. The third kappa shape index (κ3) is 6.48. The zero-order valence-corrected chi connectivity index (χ0v) is 21.4. The molecule has 2 heterocycles. The molecule has 3 aromatic rings. The van der Waals surface area contributed by atoms with Gasteiger partial charge in [-0.05, 0) is 88.3 Å².